The van der Waals surface area contributed by atoms with Gasteiger partial charge >= 0.3 is 0 Å². The van der Waals surface area contributed by atoms with E-state index >= 15 is 0 Å². The molecule has 130 valence electrons. The van der Waals surface area contributed by atoms with Gasteiger partial charge in [0.2, 0.25) is 5.91 Å². The molecule has 24 heavy (non-hydrogen) atoms. The van der Waals surface area contributed by atoms with E-state index in [1.807, 2.05) is 0 Å². The second-order valence-electron chi connectivity index (χ2n) is 6.09. The number of carbonyl (C=O) groups is 1. The summed E-state index contributed by atoms with van der Waals surface area (Å²) in [7, 11) is 0. The molecule has 0 aromatic heterocycles. The lowest BCUT2D eigenvalue weighted by Gasteiger charge is -2.23. The molecule has 1 amide bonds. The first-order valence-electron chi connectivity index (χ1n) is 7.84. The molecule has 7 unspecified atom stereocenters. The van der Waals surface area contributed by atoms with Crippen molar-refractivity contribution >= 4 is 5.91 Å². The zero-order chi connectivity index (χ0) is 16.8. The molecule has 0 bridgehead atoms. The molecule has 8 nitrogen and oxygen atoms in total. The van der Waals surface area contributed by atoms with Crippen molar-refractivity contribution in [3.05, 3.63) is 35.4 Å². The number of amides is 1. The first kappa shape index (κ1) is 15.9. The van der Waals surface area contributed by atoms with Gasteiger partial charge in [0.05, 0.1) is 6.61 Å². The molecule has 3 heterocycles. The normalized spacial score (nSPS) is 41.5. The van der Waals surface area contributed by atoms with Crippen molar-refractivity contribution < 1.29 is 33.6 Å². The van der Waals surface area contributed by atoms with Crippen molar-refractivity contribution in [3.8, 4) is 0 Å². The van der Waals surface area contributed by atoms with E-state index in [-0.39, 0.29) is 12.4 Å². The average Bonchev–Trinajstić information content (AvgIpc) is 3.24. The molecule has 3 aliphatic rings. The Labute approximate surface area is 138 Å². The van der Waals surface area contributed by atoms with Crippen LogP contribution in [0.2, 0.25) is 0 Å². The van der Waals surface area contributed by atoms with Gasteiger partial charge in [-0.2, -0.15) is 0 Å². The van der Waals surface area contributed by atoms with E-state index in [1.54, 1.807) is 31.2 Å². The smallest absolute Gasteiger partial charge is 0.248 e. The van der Waals surface area contributed by atoms with Crippen LogP contribution in [0, 0.1) is 0 Å². The summed E-state index contributed by atoms with van der Waals surface area (Å²) in [6.07, 6.45) is -4.03. The Balaban J connectivity index is 1.42. The van der Waals surface area contributed by atoms with Crippen LogP contribution in [0.5, 0.6) is 0 Å². The van der Waals surface area contributed by atoms with Gasteiger partial charge in [-0.3, -0.25) is 4.79 Å². The molecule has 0 spiro atoms. The third-order valence-corrected chi connectivity index (χ3v) is 4.47. The molecule has 0 aliphatic carbocycles. The van der Waals surface area contributed by atoms with Crippen molar-refractivity contribution in [3.63, 3.8) is 0 Å². The second kappa shape index (κ2) is 6.07. The number of rotatable bonds is 3. The molecule has 3 aliphatic heterocycles. The van der Waals surface area contributed by atoms with E-state index in [1.165, 1.54) is 0 Å². The van der Waals surface area contributed by atoms with Crippen molar-refractivity contribution in [2.75, 3.05) is 6.61 Å². The highest BCUT2D eigenvalue weighted by molar-refractivity contribution is 5.92. The Kier molecular flexibility index (Phi) is 4.03. The minimum Gasteiger partial charge on any atom is -0.387 e. The fourth-order valence-corrected chi connectivity index (χ4v) is 3.21. The Bertz CT molecular complexity index is 621. The minimum absolute atomic E-state index is 0.315. The SMILES string of the molecule is CC1OCC(C2OC3OC(c4ccc(C(N)=O)cc4)OC3C2O)O1. The van der Waals surface area contributed by atoms with Gasteiger partial charge in [-0.1, -0.05) is 12.1 Å². The van der Waals surface area contributed by atoms with Gasteiger partial charge < -0.3 is 34.5 Å². The van der Waals surface area contributed by atoms with Crippen LogP contribution < -0.4 is 5.73 Å². The summed E-state index contributed by atoms with van der Waals surface area (Å²) in [5.41, 5.74) is 6.34. The molecule has 4 rings (SSSR count). The highest BCUT2D eigenvalue weighted by atomic mass is 16.8. The summed E-state index contributed by atoms with van der Waals surface area (Å²) in [5.74, 6) is -0.499. The standard InChI is InChI=1S/C16H19NO7/c1-7-20-6-10(21-7)12-11(18)13-16(22-12)24-15(23-13)9-4-2-8(3-5-9)14(17)19/h2-5,7,10-13,15-16,18H,6H2,1H3,(H2,17,19). The van der Waals surface area contributed by atoms with E-state index in [2.05, 4.69) is 0 Å². The van der Waals surface area contributed by atoms with Crippen molar-refractivity contribution in [2.24, 2.45) is 5.73 Å². The van der Waals surface area contributed by atoms with E-state index in [0.29, 0.717) is 12.2 Å². The monoisotopic (exact) mass is 337 g/mol. The van der Waals surface area contributed by atoms with Gasteiger partial charge in [-0.05, 0) is 19.1 Å². The molecule has 1 aromatic carbocycles. The Morgan fingerprint density at radius 2 is 1.88 bits per heavy atom. The van der Waals surface area contributed by atoms with Crippen molar-refractivity contribution in [1.82, 2.24) is 0 Å². The maximum Gasteiger partial charge on any atom is 0.248 e. The van der Waals surface area contributed by atoms with Crippen molar-refractivity contribution in [2.45, 2.75) is 50.2 Å². The molecule has 8 heteroatoms. The number of carbonyl (C=O) groups excluding carboxylic acids is 1. The van der Waals surface area contributed by atoms with Crippen LogP contribution in [-0.4, -0.2) is 54.6 Å². The molecule has 0 radical (unpaired) electrons. The van der Waals surface area contributed by atoms with Crippen molar-refractivity contribution in [1.29, 1.82) is 0 Å². The van der Waals surface area contributed by atoms with Crippen LogP contribution in [0.15, 0.2) is 24.3 Å². The van der Waals surface area contributed by atoms with Crippen LogP contribution in [0.4, 0.5) is 0 Å². The summed E-state index contributed by atoms with van der Waals surface area (Å²) in [6, 6.07) is 6.60. The van der Waals surface area contributed by atoms with Gasteiger partial charge in [-0.25, -0.2) is 0 Å². The number of nitrogens with two attached hydrogens (primary N) is 1. The lowest BCUT2D eigenvalue weighted by Crippen LogP contribution is -2.40. The highest BCUT2D eigenvalue weighted by Crippen LogP contribution is 2.40. The number of benzene rings is 1. The van der Waals surface area contributed by atoms with E-state index < -0.39 is 36.8 Å². The predicted molar refractivity (Wildman–Crippen MR) is 78.6 cm³/mol. The molecular formula is C16H19NO7. The van der Waals surface area contributed by atoms with Crippen LogP contribution in [0.25, 0.3) is 0 Å². The first-order valence-corrected chi connectivity index (χ1v) is 7.84. The molecule has 3 fully saturated rings. The highest BCUT2D eigenvalue weighted by Gasteiger charge is 2.55. The molecular weight excluding hydrogens is 318 g/mol. The lowest BCUT2D eigenvalue weighted by atomic mass is 10.1. The third-order valence-electron chi connectivity index (χ3n) is 4.47. The number of aliphatic hydroxyl groups excluding tert-OH is 1. The van der Waals surface area contributed by atoms with Gasteiger partial charge in [0.15, 0.2) is 18.9 Å². The number of primary amides is 1. The predicted octanol–water partition coefficient (Wildman–Crippen LogP) is 0.0467. The number of hydrogen-bond acceptors (Lipinski definition) is 7. The number of ether oxygens (including phenoxy) is 5. The number of aliphatic hydroxyl groups is 1. The van der Waals surface area contributed by atoms with Gasteiger partial charge in [0.25, 0.3) is 0 Å². The first-order chi connectivity index (χ1) is 11.5. The third kappa shape index (κ3) is 2.71. The van der Waals surface area contributed by atoms with Gasteiger partial charge in [-0.15, -0.1) is 0 Å². The Morgan fingerprint density at radius 1 is 1.12 bits per heavy atom. The molecule has 3 N–H and O–H groups in total. The topological polar surface area (TPSA) is 109 Å². The van der Waals surface area contributed by atoms with Crippen LogP contribution in [0.3, 0.4) is 0 Å². The van der Waals surface area contributed by atoms with Crippen LogP contribution >= 0.6 is 0 Å². The molecule has 0 saturated carbocycles. The summed E-state index contributed by atoms with van der Waals surface area (Å²) < 4.78 is 28.2. The number of hydrogen-bond donors (Lipinski definition) is 2. The Hall–Kier alpha value is -1.55. The van der Waals surface area contributed by atoms with Gasteiger partial charge in [0, 0.05) is 11.1 Å². The molecule has 1 aromatic rings. The maximum atomic E-state index is 11.1. The maximum absolute atomic E-state index is 11.1. The summed E-state index contributed by atoms with van der Waals surface area (Å²) in [6.45, 7) is 2.15. The van der Waals surface area contributed by atoms with E-state index in [9.17, 15) is 9.90 Å². The van der Waals surface area contributed by atoms with E-state index in [0.717, 1.165) is 5.56 Å². The zero-order valence-electron chi connectivity index (χ0n) is 13.0. The molecule has 7 atom stereocenters. The van der Waals surface area contributed by atoms with E-state index in [4.69, 9.17) is 29.4 Å². The average molecular weight is 337 g/mol. The quantitative estimate of drug-likeness (QED) is 0.802. The summed E-state index contributed by atoms with van der Waals surface area (Å²) in [4.78, 5) is 11.1. The summed E-state index contributed by atoms with van der Waals surface area (Å²) >= 11 is 0. The van der Waals surface area contributed by atoms with Gasteiger partial charge in [0.1, 0.15) is 24.4 Å². The lowest BCUT2D eigenvalue weighted by molar-refractivity contribution is -0.192. The zero-order valence-corrected chi connectivity index (χ0v) is 13.0. The summed E-state index contributed by atoms with van der Waals surface area (Å²) in [5, 5.41) is 10.5. The van der Waals surface area contributed by atoms with Crippen LogP contribution in [-0.2, 0) is 23.7 Å². The molecule has 3 saturated heterocycles. The van der Waals surface area contributed by atoms with Crippen LogP contribution in [0.1, 0.15) is 29.1 Å². The largest absolute Gasteiger partial charge is 0.387 e. The fraction of sp³-hybridized carbons (Fsp3) is 0.562. The fourth-order valence-electron chi connectivity index (χ4n) is 3.21. The number of fused-ring (bicyclic) bond motifs is 1. The minimum atomic E-state index is -0.871. The Morgan fingerprint density at radius 3 is 2.46 bits per heavy atom. The second-order valence-corrected chi connectivity index (χ2v) is 6.09.